The van der Waals surface area contributed by atoms with Crippen LogP contribution in [0.3, 0.4) is 0 Å². The molecule has 1 amide bonds. The summed E-state index contributed by atoms with van der Waals surface area (Å²) in [4.78, 5) is 20.3. The van der Waals surface area contributed by atoms with Crippen molar-refractivity contribution in [2.75, 3.05) is 5.32 Å². The molecule has 2 rings (SSSR count). The van der Waals surface area contributed by atoms with E-state index in [9.17, 15) is 4.79 Å². The Kier molecular flexibility index (Phi) is 4.66. The van der Waals surface area contributed by atoms with Crippen LogP contribution in [-0.2, 0) is 5.41 Å². The molecule has 2 heterocycles. The number of nitrogens with zero attached hydrogens (tertiary/aromatic N) is 3. The average Bonchev–Trinajstić information content (AvgIpc) is 2.94. The highest BCUT2D eigenvalue weighted by Crippen LogP contribution is 2.36. The maximum Gasteiger partial charge on any atom is 0.270 e. The standard InChI is InChI=1S/C16H19N5OS/c1-5-16(3,4)15-21-12(13(18)22)14(23-15)20-11-6-10(7-17)8-19-9(11)2/h6,8,20H,5H2,1-4H3,(H2,18,22). The van der Waals surface area contributed by atoms with Crippen molar-refractivity contribution in [3.63, 3.8) is 0 Å². The predicted octanol–water partition coefficient (Wildman–Crippen LogP) is 3.25. The first-order valence-electron chi connectivity index (χ1n) is 7.23. The fourth-order valence-electron chi connectivity index (χ4n) is 1.86. The average molecular weight is 329 g/mol. The molecule has 0 radical (unpaired) electrons. The molecular weight excluding hydrogens is 310 g/mol. The zero-order valence-corrected chi connectivity index (χ0v) is 14.4. The molecule has 0 atom stereocenters. The van der Waals surface area contributed by atoms with Crippen LogP contribution in [0.4, 0.5) is 10.7 Å². The van der Waals surface area contributed by atoms with Crippen LogP contribution in [0, 0.1) is 18.3 Å². The topological polar surface area (TPSA) is 105 Å². The Morgan fingerprint density at radius 1 is 1.52 bits per heavy atom. The van der Waals surface area contributed by atoms with Crippen LogP contribution >= 0.6 is 11.3 Å². The van der Waals surface area contributed by atoms with Gasteiger partial charge < -0.3 is 11.1 Å². The normalized spacial score (nSPS) is 11.1. The largest absolute Gasteiger partial charge is 0.364 e. The summed E-state index contributed by atoms with van der Waals surface area (Å²) >= 11 is 1.40. The molecule has 0 bridgehead atoms. The maximum absolute atomic E-state index is 11.7. The molecule has 0 aliphatic rings. The zero-order chi connectivity index (χ0) is 17.2. The number of aromatic nitrogens is 2. The quantitative estimate of drug-likeness (QED) is 0.876. The second-order valence-electron chi connectivity index (χ2n) is 5.89. The highest BCUT2D eigenvalue weighted by molar-refractivity contribution is 7.16. The third-order valence-corrected chi connectivity index (χ3v) is 5.12. The number of nitrogens with one attached hydrogen (secondary N) is 1. The van der Waals surface area contributed by atoms with E-state index >= 15 is 0 Å². The molecule has 0 spiro atoms. The lowest BCUT2D eigenvalue weighted by atomic mass is 9.91. The fraction of sp³-hybridized carbons (Fsp3) is 0.375. The monoisotopic (exact) mass is 329 g/mol. The summed E-state index contributed by atoms with van der Waals surface area (Å²) in [7, 11) is 0. The molecule has 0 aromatic carbocycles. The Balaban J connectivity index is 2.48. The van der Waals surface area contributed by atoms with Crippen molar-refractivity contribution in [1.82, 2.24) is 9.97 Å². The molecule has 0 saturated heterocycles. The summed E-state index contributed by atoms with van der Waals surface area (Å²) in [6.45, 7) is 8.04. The molecule has 0 aliphatic heterocycles. The highest BCUT2D eigenvalue weighted by atomic mass is 32.1. The van der Waals surface area contributed by atoms with Gasteiger partial charge in [0, 0.05) is 11.6 Å². The number of pyridine rings is 1. The molecule has 2 aromatic heterocycles. The van der Waals surface area contributed by atoms with Gasteiger partial charge in [-0.1, -0.05) is 32.1 Å². The van der Waals surface area contributed by atoms with Gasteiger partial charge in [0.25, 0.3) is 5.91 Å². The van der Waals surface area contributed by atoms with Crippen molar-refractivity contribution in [3.8, 4) is 6.07 Å². The van der Waals surface area contributed by atoms with Crippen LogP contribution in [0.2, 0.25) is 0 Å². The van der Waals surface area contributed by atoms with E-state index in [2.05, 4.69) is 36.1 Å². The third-order valence-electron chi connectivity index (χ3n) is 3.79. The van der Waals surface area contributed by atoms with Crippen molar-refractivity contribution >= 4 is 27.9 Å². The summed E-state index contributed by atoms with van der Waals surface area (Å²) in [6.07, 6.45) is 2.40. The van der Waals surface area contributed by atoms with Gasteiger partial charge in [-0.15, -0.1) is 0 Å². The van der Waals surface area contributed by atoms with Crippen LogP contribution < -0.4 is 11.1 Å². The number of carbonyl (C=O) groups excluding carboxylic acids is 1. The highest BCUT2D eigenvalue weighted by Gasteiger charge is 2.26. The first-order valence-corrected chi connectivity index (χ1v) is 8.05. The lowest BCUT2D eigenvalue weighted by Gasteiger charge is -2.18. The number of nitriles is 1. The van der Waals surface area contributed by atoms with E-state index < -0.39 is 5.91 Å². The first kappa shape index (κ1) is 16.9. The van der Waals surface area contributed by atoms with Crippen LogP contribution in [0.1, 0.15) is 53.9 Å². The fourth-order valence-corrected chi connectivity index (χ4v) is 3.01. The van der Waals surface area contributed by atoms with Gasteiger partial charge in [-0.3, -0.25) is 9.78 Å². The van der Waals surface area contributed by atoms with Crippen molar-refractivity contribution in [2.24, 2.45) is 5.73 Å². The molecule has 3 N–H and O–H groups in total. The Hall–Kier alpha value is -2.46. The predicted molar refractivity (Wildman–Crippen MR) is 90.9 cm³/mol. The molecule has 23 heavy (non-hydrogen) atoms. The van der Waals surface area contributed by atoms with Crippen molar-refractivity contribution in [3.05, 3.63) is 34.2 Å². The van der Waals surface area contributed by atoms with Gasteiger partial charge in [0.2, 0.25) is 0 Å². The number of hydrogen-bond donors (Lipinski definition) is 2. The van der Waals surface area contributed by atoms with Crippen LogP contribution in [0.15, 0.2) is 12.3 Å². The van der Waals surface area contributed by atoms with E-state index in [1.807, 2.05) is 13.0 Å². The van der Waals surface area contributed by atoms with Gasteiger partial charge in [0.05, 0.1) is 16.9 Å². The second kappa shape index (κ2) is 6.34. The number of aryl methyl sites for hydroxylation is 1. The summed E-state index contributed by atoms with van der Waals surface area (Å²) in [5.41, 5.74) is 7.36. The minimum atomic E-state index is -0.580. The Bertz CT molecular complexity index is 788. The molecule has 0 fully saturated rings. The molecule has 0 unspecified atom stereocenters. The minimum Gasteiger partial charge on any atom is -0.364 e. The number of carbonyl (C=O) groups is 1. The zero-order valence-electron chi connectivity index (χ0n) is 13.6. The van der Waals surface area contributed by atoms with Gasteiger partial charge in [-0.2, -0.15) is 5.26 Å². The third kappa shape index (κ3) is 3.48. The second-order valence-corrected chi connectivity index (χ2v) is 6.89. The van der Waals surface area contributed by atoms with Gasteiger partial charge in [-0.05, 0) is 19.4 Å². The molecule has 120 valence electrons. The smallest absolute Gasteiger partial charge is 0.270 e. The van der Waals surface area contributed by atoms with E-state index in [1.165, 1.54) is 17.5 Å². The maximum atomic E-state index is 11.7. The summed E-state index contributed by atoms with van der Waals surface area (Å²) in [5.74, 6) is -0.580. The molecular formula is C16H19N5OS. The number of anilines is 2. The molecule has 2 aromatic rings. The van der Waals surface area contributed by atoms with Crippen LogP contribution in [0.5, 0.6) is 0 Å². The van der Waals surface area contributed by atoms with Crippen molar-refractivity contribution in [1.29, 1.82) is 5.26 Å². The molecule has 0 saturated carbocycles. The number of nitrogens with two attached hydrogens (primary N) is 1. The van der Waals surface area contributed by atoms with Gasteiger partial charge in [0.15, 0.2) is 5.69 Å². The number of primary amides is 1. The molecule has 0 aliphatic carbocycles. The van der Waals surface area contributed by atoms with Crippen molar-refractivity contribution in [2.45, 2.75) is 39.5 Å². The van der Waals surface area contributed by atoms with Gasteiger partial charge >= 0.3 is 0 Å². The lowest BCUT2D eigenvalue weighted by molar-refractivity contribution is 0.0996. The van der Waals surface area contributed by atoms with E-state index in [0.29, 0.717) is 16.3 Å². The SMILES string of the molecule is CCC(C)(C)c1nc(C(N)=O)c(Nc2cc(C#N)cnc2C)s1. The first-order chi connectivity index (χ1) is 10.8. The van der Waals surface area contributed by atoms with E-state index in [0.717, 1.165) is 17.1 Å². The lowest BCUT2D eigenvalue weighted by Crippen LogP contribution is -2.17. The summed E-state index contributed by atoms with van der Waals surface area (Å²) in [6, 6.07) is 3.74. The number of thiazole rings is 1. The van der Waals surface area contributed by atoms with E-state index in [4.69, 9.17) is 11.0 Å². The summed E-state index contributed by atoms with van der Waals surface area (Å²) < 4.78 is 0. The Morgan fingerprint density at radius 3 is 2.78 bits per heavy atom. The van der Waals surface area contributed by atoms with Crippen molar-refractivity contribution < 1.29 is 4.79 Å². The molecule has 6 nitrogen and oxygen atoms in total. The number of hydrogen-bond acceptors (Lipinski definition) is 6. The van der Waals surface area contributed by atoms with E-state index in [-0.39, 0.29) is 11.1 Å². The Labute approximate surface area is 139 Å². The summed E-state index contributed by atoms with van der Waals surface area (Å²) in [5, 5.41) is 13.6. The number of rotatable bonds is 5. The number of amides is 1. The Morgan fingerprint density at radius 2 is 2.22 bits per heavy atom. The molecule has 7 heteroatoms. The minimum absolute atomic E-state index is 0.142. The van der Waals surface area contributed by atoms with Crippen LogP contribution in [-0.4, -0.2) is 15.9 Å². The van der Waals surface area contributed by atoms with E-state index in [1.54, 1.807) is 6.07 Å². The van der Waals surface area contributed by atoms with Gasteiger partial charge in [0.1, 0.15) is 16.1 Å². The van der Waals surface area contributed by atoms with Crippen LogP contribution in [0.25, 0.3) is 0 Å². The van der Waals surface area contributed by atoms with Gasteiger partial charge in [-0.25, -0.2) is 4.98 Å².